The minimum absolute atomic E-state index is 0.0606. The molecule has 2 heterocycles. The maximum absolute atomic E-state index is 13.4. The number of hydrogen-bond acceptors (Lipinski definition) is 17. The first-order chi connectivity index (χ1) is 26.0. The third-order valence-corrected chi connectivity index (χ3v) is 8.34. The van der Waals surface area contributed by atoms with Crippen molar-refractivity contribution in [2.24, 2.45) is 5.73 Å². The van der Waals surface area contributed by atoms with Gasteiger partial charge in [-0.05, 0) is 37.1 Å². The number of ether oxygens (including phenoxy) is 6. The molecule has 0 fully saturated rings. The Morgan fingerprint density at radius 2 is 1.37 bits per heavy atom. The molecular formula is C36H44N4O14. The molecule has 18 nitrogen and oxygen atoms in total. The van der Waals surface area contributed by atoms with Crippen molar-refractivity contribution >= 4 is 5.97 Å². The van der Waals surface area contributed by atoms with Crippen molar-refractivity contribution in [3.63, 3.8) is 0 Å². The first-order valence-corrected chi connectivity index (χ1v) is 17.2. The van der Waals surface area contributed by atoms with Gasteiger partial charge in [-0.2, -0.15) is 0 Å². The number of nitrogens with zero attached hydrogens (tertiary/aromatic N) is 3. The predicted octanol–water partition coefficient (Wildman–Crippen LogP) is 1.93. The van der Waals surface area contributed by atoms with Gasteiger partial charge in [-0.25, -0.2) is 9.48 Å². The van der Waals surface area contributed by atoms with Gasteiger partial charge in [-0.1, -0.05) is 5.21 Å². The summed E-state index contributed by atoms with van der Waals surface area (Å²) >= 11 is 0. The lowest BCUT2D eigenvalue weighted by Gasteiger charge is -2.34. The zero-order valence-electron chi connectivity index (χ0n) is 29.3. The zero-order valence-corrected chi connectivity index (χ0v) is 29.3. The van der Waals surface area contributed by atoms with Crippen LogP contribution in [-0.4, -0.2) is 122 Å². The van der Waals surface area contributed by atoms with Crippen LogP contribution in [0.2, 0.25) is 0 Å². The maximum Gasteiger partial charge on any atom is 0.338 e. The maximum atomic E-state index is 13.4. The van der Waals surface area contributed by atoms with E-state index < -0.39 is 35.4 Å². The number of aryl methyl sites for hydroxylation is 1. The van der Waals surface area contributed by atoms with Gasteiger partial charge in [0.1, 0.15) is 34.9 Å². The minimum atomic E-state index is -1.19. The molecule has 0 radical (unpaired) electrons. The van der Waals surface area contributed by atoms with Gasteiger partial charge < -0.3 is 69.9 Å². The Morgan fingerprint density at radius 1 is 0.759 bits per heavy atom. The monoisotopic (exact) mass is 756 g/mol. The van der Waals surface area contributed by atoms with Gasteiger partial charge in [0.25, 0.3) is 0 Å². The molecule has 0 unspecified atom stereocenters. The molecule has 0 saturated heterocycles. The Hall–Kier alpha value is -5.53. The molecule has 0 aliphatic carbocycles. The molecule has 3 aromatic carbocycles. The SMILES string of the molecule is NCCOCCOCCOCCOCCn1cc(CCc2c(O)cc(C(=O)O[C@@H]3Cc4c(O)cc(O)cc4O[C@@H]3c3cc(O)c(O)c(O)c3)cc2O)nn1. The van der Waals surface area contributed by atoms with Crippen LogP contribution in [0.5, 0.6) is 46.0 Å². The van der Waals surface area contributed by atoms with E-state index in [-0.39, 0.29) is 63.8 Å². The summed E-state index contributed by atoms with van der Waals surface area (Å²) in [6.45, 7) is 4.49. The number of phenols is 7. The van der Waals surface area contributed by atoms with E-state index in [0.29, 0.717) is 78.1 Å². The van der Waals surface area contributed by atoms with Crippen molar-refractivity contribution in [2.45, 2.75) is 38.0 Å². The van der Waals surface area contributed by atoms with Gasteiger partial charge in [0.2, 0.25) is 0 Å². The van der Waals surface area contributed by atoms with Crippen LogP contribution in [0, 0.1) is 0 Å². The average molecular weight is 757 g/mol. The van der Waals surface area contributed by atoms with E-state index in [1.54, 1.807) is 10.9 Å². The summed E-state index contributed by atoms with van der Waals surface area (Å²) in [6.07, 6.45) is -0.295. The average Bonchev–Trinajstić information content (AvgIpc) is 3.59. The van der Waals surface area contributed by atoms with Crippen LogP contribution in [0.3, 0.4) is 0 Å². The third-order valence-electron chi connectivity index (χ3n) is 8.34. The fourth-order valence-corrected chi connectivity index (χ4v) is 5.66. The van der Waals surface area contributed by atoms with Gasteiger partial charge in [0, 0.05) is 48.0 Å². The van der Waals surface area contributed by atoms with Gasteiger partial charge in [-0.3, -0.25) is 0 Å². The summed E-state index contributed by atoms with van der Waals surface area (Å²) in [7, 11) is 0. The second kappa shape index (κ2) is 19.0. The van der Waals surface area contributed by atoms with Crippen molar-refractivity contribution in [1.82, 2.24) is 15.0 Å². The lowest BCUT2D eigenvalue weighted by atomic mass is 9.93. The van der Waals surface area contributed by atoms with Gasteiger partial charge >= 0.3 is 5.97 Å². The van der Waals surface area contributed by atoms with Gasteiger partial charge in [0.05, 0.1) is 70.7 Å². The normalized spacial score (nSPS) is 15.1. The molecule has 9 N–H and O–H groups in total. The fourth-order valence-electron chi connectivity index (χ4n) is 5.66. The van der Waals surface area contributed by atoms with E-state index in [0.717, 1.165) is 30.3 Å². The largest absolute Gasteiger partial charge is 0.508 e. The number of benzene rings is 3. The predicted molar refractivity (Wildman–Crippen MR) is 187 cm³/mol. The summed E-state index contributed by atoms with van der Waals surface area (Å²) in [6, 6.07) is 6.82. The highest BCUT2D eigenvalue weighted by Gasteiger charge is 2.37. The van der Waals surface area contributed by atoms with Crippen molar-refractivity contribution in [3.8, 4) is 46.0 Å². The third kappa shape index (κ3) is 10.5. The van der Waals surface area contributed by atoms with Crippen molar-refractivity contribution in [2.75, 3.05) is 59.4 Å². The number of carbonyl (C=O) groups is 1. The summed E-state index contributed by atoms with van der Waals surface area (Å²) in [5.41, 5.74) is 6.23. The molecule has 0 bridgehead atoms. The molecule has 1 aromatic heterocycles. The number of aromatic nitrogens is 3. The van der Waals surface area contributed by atoms with E-state index in [2.05, 4.69) is 10.3 Å². The molecule has 18 heteroatoms. The molecule has 0 amide bonds. The molecule has 4 aromatic rings. The standard InChI is InChI=1S/C36H44N4O14/c37-3-5-49-7-9-51-11-12-52-10-8-50-6-4-40-20-23(38-39-40)1-2-25-27(42)15-22(16-28(25)43)36(48)54-33-19-26-29(44)17-24(41)18-32(26)53-35(33)21-13-30(45)34(47)31(46)14-21/h13-18,20,33,35,41-47H,1-12,19,37H2/t33-,35-/m1/s1. The number of esters is 1. The van der Waals surface area contributed by atoms with Crippen LogP contribution in [0.1, 0.15) is 38.8 Å². The number of nitrogens with two attached hydrogens (primary N) is 1. The van der Waals surface area contributed by atoms with Crippen molar-refractivity contribution in [1.29, 1.82) is 0 Å². The van der Waals surface area contributed by atoms with E-state index in [4.69, 9.17) is 34.2 Å². The highest BCUT2D eigenvalue weighted by Crippen LogP contribution is 2.46. The Kier molecular flexibility index (Phi) is 14.0. The number of aromatic hydroxyl groups is 7. The molecule has 1 aliphatic rings. The van der Waals surface area contributed by atoms with E-state index in [1.807, 2.05) is 0 Å². The first kappa shape index (κ1) is 39.7. The van der Waals surface area contributed by atoms with Crippen LogP contribution < -0.4 is 10.5 Å². The van der Waals surface area contributed by atoms with Gasteiger partial charge in [-0.15, -0.1) is 5.10 Å². The molecule has 2 atom stereocenters. The lowest BCUT2D eigenvalue weighted by molar-refractivity contribution is -0.0189. The molecule has 292 valence electrons. The Bertz CT molecular complexity index is 1820. The Morgan fingerprint density at radius 3 is 2.00 bits per heavy atom. The number of fused-ring (bicyclic) bond motifs is 1. The summed E-state index contributed by atoms with van der Waals surface area (Å²) < 4.78 is 34.9. The molecule has 0 saturated carbocycles. The van der Waals surface area contributed by atoms with E-state index in [1.165, 1.54) is 6.07 Å². The molecule has 1 aliphatic heterocycles. The minimum Gasteiger partial charge on any atom is -0.508 e. The first-order valence-electron chi connectivity index (χ1n) is 17.2. The number of carbonyl (C=O) groups excluding carboxylic acids is 1. The van der Waals surface area contributed by atoms with Crippen LogP contribution in [-0.2, 0) is 49.5 Å². The molecule has 0 spiro atoms. The quantitative estimate of drug-likeness (QED) is 0.0363. The van der Waals surface area contributed by atoms with Crippen LogP contribution >= 0.6 is 0 Å². The van der Waals surface area contributed by atoms with Crippen LogP contribution in [0.4, 0.5) is 0 Å². The fraction of sp³-hybridized carbons (Fsp3) is 0.417. The highest BCUT2D eigenvalue weighted by atomic mass is 16.6. The van der Waals surface area contributed by atoms with Crippen LogP contribution in [0.25, 0.3) is 0 Å². The van der Waals surface area contributed by atoms with E-state index in [9.17, 15) is 40.5 Å². The van der Waals surface area contributed by atoms with Crippen LogP contribution in [0.15, 0.2) is 42.6 Å². The Balaban J connectivity index is 1.12. The smallest absolute Gasteiger partial charge is 0.338 e. The zero-order chi connectivity index (χ0) is 38.6. The highest BCUT2D eigenvalue weighted by molar-refractivity contribution is 5.91. The molecule has 54 heavy (non-hydrogen) atoms. The second-order valence-electron chi connectivity index (χ2n) is 12.2. The number of phenolic OH excluding ortho intramolecular Hbond substituents is 7. The molecule has 5 rings (SSSR count). The molecular weight excluding hydrogens is 712 g/mol. The summed E-state index contributed by atoms with van der Waals surface area (Å²) in [5.74, 6) is -4.35. The summed E-state index contributed by atoms with van der Waals surface area (Å²) in [4.78, 5) is 13.4. The van der Waals surface area contributed by atoms with E-state index >= 15 is 0 Å². The number of hydrogen-bond donors (Lipinski definition) is 8. The second-order valence-corrected chi connectivity index (χ2v) is 12.2. The summed E-state index contributed by atoms with van der Waals surface area (Å²) in [5, 5.41) is 80.3. The number of rotatable bonds is 20. The van der Waals surface area contributed by atoms with Crippen molar-refractivity contribution < 1.29 is 69.0 Å². The van der Waals surface area contributed by atoms with Gasteiger partial charge in [0.15, 0.2) is 23.4 Å². The van der Waals surface area contributed by atoms with Crippen molar-refractivity contribution in [3.05, 3.63) is 70.5 Å². The lowest BCUT2D eigenvalue weighted by Crippen LogP contribution is -2.34. The topological polar surface area (TPSA) is 271 Å². The Labute approximate surface area is 309 Å².